The van der Waals surface area contributed by atoms with Gasteiger partial charge in [0.2, 0.25) is 0 Å². The van der Waals surface area contributed by atoms with Gasteiger partial charge < -0.3 is 14.9 Å². The Morgan fingerprint density at radius 3 is 2.57 bits per heavy atom. The summed E-state index contributed by atoms with van der Waals surface area (Å²) >= 11 is 3.16. The maximum absolute atomic E-state index is 10.5. The van der Waals surface area contributed by atoms with Crippen LogP contribution in [0.2, 0.25) is 0 Å². The fourth-order valence-corrected chi connectivity index (χ4v) is 5.84. The number of H-pyrrole nitrogens is 1. The minimum atomic E-state index is 0. The Balaban J connectivity index is 0.00000218. The van der Waals surface area contributed by atoms with E-state index in [1.54, 1.807) is 29.8 Å². The van der Waals surface area contributed by atoms with Crippen molar-refractivity contribution in [2.24, 2.45) is 0 Å². The first-order chi connectivity index (χ1) is 14.1. The lowest BCUT2D eigenvalue weighted by Crippen LogP contribution is -2.41. The normalized spacial score (nSPS) is 15.4. The van der Waals surface area contributed by atoms with Crippen LogP contribution in [-0.2, 0) is 0 Å². The highest BCUT2D eigenvalue weighted by Crippen LogP contribution is 2.40. The molecule has 158 valence electrons. The summed E-state index contributed by atoms with van der Waals surface area (Å²) in [7, 11) is 4.32. The second kappa shape index (κ2) is 8.50. The summed E-state index contributed by atoms with van der Waals surface area (Å²) in [6.07, 6.45) is 5.87. The van der Waals surface area contributed by atoms with Crippen LogP contribution in [-0.4, -0.2) is 63.4 Å². The molecule has 0 aliphatic carbocycles. The molecule has 10 heteroatoms. The molecule has 1 aliphatic heterocycles. The zero-order valence-electron chi connectivity index (χ0n) is 16.7. The monoisotopic (exact) mass is 462 g/mol. The molecule has 0 spiro atoms. The first-order valence-electron chi connectivity index (χ1n) is 9.60. The van der Waals surface area contributed by atoms with Crippen molar-refractivity contribution in [3.05, 3.63) is 30.6 Å². The SMILES string of the molecule is CN1CCC(N(C)c2nc3sc(-c4ccc(-c5cn[nH]c5)cc4O)nc3s2)CC1.Cl. The molecule has 0 bridgehead atoms. The number of aromatic hydroxyl groups is 1. The summed E-state index contributed by atoms with van der Waals surface area (Å²) in [5.41, 5.74) is 2.59. The molecule has 3 aromatic heterocycles. The lowest BCUT2D eigenvalue weighted by atomic mass is 10.0. The molecular weight excluding hydrogens is 440 g/mol. The molecule has 0 saturated carbocycles. The number of hydrogen-bond donors (Lipinski definition) is 2. The molecule has 0 amide bonds. The zero-order valence-corrected chi connectivity index (χ0v) is 19.2. The number of piperidine rings is 1. The number of likely N-dealkylation sites (tertiary alicyclic amines) is 1. The van der Waals surface area contributed by atoms with Crippen molar-refractivity contribution in [2.45, 2.75) is 18.9 Å². The lowest BCUT2D eigenvalue weighted by molar-refractivity contribution is 0.253. The Morgan fingerprint density at radius 2 is 1.90 bits per heavy atom. The van der Waals surface area contributed by atoms with E-state index in [1.165, 1.54) is 11.3 Å². The van der Waals surface area contributed by atoms with Crippen LogP contribution in [0.4, 0.5) is 5.13 Å². The summed E-state index contributed by atoms with van der Waals surface area (Å²) in [5, 5.41) is 19.1. The van der Waals surface area contributed by atoms with Gasteiger partial charge in [0.05, 0.1) is 11.8 Å². The average molecular weight is 463 g/mol. The molecule has 1 aromatic carbocycles. The van der Waals surface area contributed by atoms with E-state index in [4.69, 9.17) is 9.97 Å². The summed E-state index contributed by atoms with van der Waals surface area (Å²) in [5.74, 6) is 0.216. The number of halogens is 1. The second-order valence-electron chi connectivity index (χ2n) is 7.49. The van der Waals surface area contributed by atoms with E-state index in [0.29, 0.717) is 6.04 Å². The van der Waals surface area contributed by atoms with E-state index in [0.717, 1.165) is 62.4 Å². The molecule has 2 N–H and O–H groups in total. The Kier molecular flexibility index (Phi) is 5.97. The van der Waals surface area contributed by atoms with E-state index >= 15 is 0 Å². The number of rotatable bonds is 4. The molecule has 7 nitrogen and oxygen atoms in total. The first-order valence-corrected chi connectivity index (χ1v) is 11.2. The maximum atomic E-state index is 10.5. The van der Waals surface area contributed by atoms with Crippen LogP contribution in [0.25, 0.3) is 31.4 Å². The van der Waals surface area contributed by atoms with Crippen LogP contribution in [0, 0.1) is 0 Å². The van der Waals surface area contributed by atoms with Crippen LogP contribution in [0.1, 0.15) is 12.8 Å². The van der Waals surface area contributed by atoms with Crippen molar-refractivity contribution in [3.8, 4) is 27.4 Å². The van der Waals surface area contributed by atoms with Crippen LogP contribution in [0.3, 0.4) is 0 Å². The van der Waals surface area contributed by atoms with E-state index in [1.807, 2.05) is 12.1 Å². The maximum Gasteiger partial charge on any atom is 0.188 e. The van der Waals surface area contributed by atoms with Crippen LogP contribution in [0.15, 0.2) is 30.6 Å². The van der Waals surface area contributed by atoms with E-state index in [9.17, 15) is 5.11 Å². The van der Waals surface area contributed by atoms with Gasteiger partial charge in [-0.05, 0) is 50.7 Å². The van der Waals surface area contributed by atoms with Gasteiger partial charge in [0.15, 0.2) is 14.8 Å². The number of anilines is 1. The van der Waals surface area contributed by atoms with Crippen molar-refractivity contribution in [1.29, 1.82) is 0 Å². The van der Waals surface area contributed by atoms with Gasteiger partial charge in [-0.25, -0.2) is 9.97 Å². The van der Waals surface area contributed by atoms with Gasteiger partial charge in [0.1, 0.15) is 10.8 Å². The number of fused-ring (bicyclic) bond motifs is 1. The van der Waals surface area contributed by atoms with Crippen molar-refractivity contribution in [2.75, 3.05) is 32.1 Å². The summed E-state index contributed by atoms with van der Waals surface area (Å²) < 4.78 is 0. The fourth-order valence-electron chi connectivity index (χ4n) is 3.74. The van der Waals surface area contributed by atoms with E-state index in [2.05, 4.69) is 34.1 Å². The number of thiazole rings is 2. The molecule has 0 radical (unpaired) electrons. The van der Waals surface area contributed by atoms with Crippen molar-refractivity contribution in [3.63, 3.8) is 0 Å². The largest absolute Gasteiger partial charge is 0.507 e. The number of benzene rings is 1. The Hall–Kier alpha value is -2.20. The molecule has 0 atom stereocenters. The molecule has 5 rings (SSSR count). The molecular formula is C20H23ClN6OS2. The van der Waals surface area contributed by atoms with Gasteiger partial charge in [-0.15, -0.1) is 12.4 Å². The van der Waals surface area contributed by atoms with Crippen molar-refractivity contribution >= 4 is 49.9 Å². The summed E-state index contributed by atoms with van der Waals surface area (Å²) in [6.45, 7) is 2.26. The molecule has 1 fully saturated rings. The number of nitrogens with zero attached hydrogens (tertiary/aromatic N) is 5. The highest BCUT2D eigenvalue weighted by molar-refractivity contribution is 7.29. The van der Waals surface area contributed by atoms with Crippen LogP contribution in [0.5, 0.6) is 5.75 Å². The quantitative estimate of drug-likeness (QED) is 0.465. The number of aromatic nitrogens is 4. The third-order valence-electron chi connectivity index (χ3n) is 5.56. The zero-order chi connectivity index (χ0) is 20.0. The topological polar surface area (TPSA) is 81.2 Å². The third-order valence-corrected chi connectivity index (χ3v) is 7.71. The summed E-state index contributed by atoms with van der Waals surface area (Å²) in [4.78, 5) is 16.1. The second-order valence-corrected chi connectivity index (χ2v) is 9.42. The Bertz CT molecular complexity index is 1100. The minimum absolute atomic E-state index is 0. The standard InChI is InChI=1S/C20H22N6OS2.ClH/c1-25-7-5-14(6-8-25)26(2)20-24-19-18(29-20)23-17(28-19)15-4-3-12(9-16(15)27)13-10-21-22-11-13;/h3-4,9-11,14,27H,5-8H2,1-2H3,(H,21,22);1H. The van der Waals surface area contributed by atoms with Gasteiger partial charge in [-0.3, -0.25) is 5.10 Å². The van der Waals surface area contributed by atoms with Crippen molar-refractivity contribution in [1.82, 2.24) is 25.1 Å². The Labute approximate surface area is 188 Å². The highest BCUT2D eigenvalue weighted by Gasteiger charge is 2.24. The van der Waals surface area contributed by atoms with Crippen LogP contribution >= 0.6 is 35.1 Å². The van der Waals surface area contributed by atoms with Gasteiger partial charge in [-0.1, -0.05) is 28.7 Å². The van der Waals surface area contributed by atoms with Gasteiger partial charge in [0, 0.05) is 24.8 Å². The van der Waals surface area contributed by atoms with E-state index in [-0.39, 0.29) is 18.2 Å². The van der Waals surface area contributed by atoms with Crippen LogP contribution < -0.4 is 4.90 Å². The fraction of sp³-hybridized carbons (Fsp3) is 0.350. The number of nitrogens with one attached hydrogen (secondary N) is 1. The number of hydrogen-bond acceptors (Lipinski definition) is 8. The number of phenolic OH excluding ortho intramolecular Hbond substituents is 1. The molecule has 1 saturated heterocycles. The van der Waals surface area contributed by atoms with Gasteiger partial charge >= 0.3 is 0 Å². The Morgan fingerprint density at radius 1 is 1.13 bits per heavy atom. The molecule has 1 aliphatic rings. The van der Waals surface area contributed by atoms with Gasteiger partial charge in [0.25, 0.3) is 0 Å². The highest BCUT2D eigenvalue weighted by atomic mass is 35.5. The molecule has 4 aromatic rings. The third kappa shape index (κ3) is 3.90. The molecule has 4 heterocycles. The predicted molar refractivity (Wildman–Crippen MR) is 126 cm³/mol. The molecule has 30 heavy (non-hydrogen) atoms. The first kappa shape index (κ1) is 21.0. The number of phenols is 1. The van der Waals surface area contributed by atoms with Crippen molar-refractivity contribution < 1.29 is 5.11 Å². The smallest absolute Gasteiger partial charge is 0.188 e. The van der Waals surface area contributed by atoms with E-state index < -0.39 is 0 Å². The minimum Gasteiger partial charge on any atom is -0.507 e. The van der Waals surface area contributed by atoms with Gasteiger partial charge in [-0.2, -0.15) is 5.10 Å². The lowest BCUT2D eigenvalue weighted by Gasteiger charge is -2.34. The average Bonchev–Trinajstić information content (AvgIpc) is 3.44. The predicted octanol–water partition coefficient (Wildman–Crippen LogP) is 4.47. The number of aromatic amines is 1. The molecule has 0 unspecified atom stereocenters. The summed E-state index contributed by atoms with van der Waals surface area (Å²) in [6, 6.07) is 6.17.